The number of aromatic nitrogens is 2. The summed E-state index contributed by atoms with van der Waals surface area (Å²) in [4.78, 5) is 9.27. The number of para-hydroxylation sites is 3. The number of nitrogens with zero attached hydrogens (tertiary/aromatic N) is 4. The highest BCUT2D eigenvalue weighted by atomic mass is 16.5. The second-order valence-corrected chi connectivity index (χ2v) is 18.8. The molecule has 0 spiro atoms. The zero-order chi connectivity index (χ0) is 52.5. The van der Waals surface area contributed by atoms with Crippen LogP contribution in [0.5, 0.6) is 11.5 Å². The molecule has 0 N–H and O–H groups in total. The van der Waals surface area contributed by atoms with Crippen LogP contribution in [0, 0.1) is 6.85 Å². The summed E-state index contributed by atoms with van der Waals surface area (Å²) in [6.45, 7) is 4.52. The van der Waals surface area contributed by atoms with Gasteiger partial charge in [-0.3, -0.25) is 4.57 Å². The lowest BCUT2D eigenvalue weighted by Crippen LogP contribution is -2.25. The Kier molecular flexibility index (Phi) is 9.07. The van der Waals surface area contributed by atoms with Gasteiger partial charge >= 0.3 is 0 Å². The van der Waals surface area contributed by atoms with E-state index in [0.29, 0.717) is 35.0 Å². The van der Waals surface area contributed by atoms with Crippen molar-refractivity contribution in [2.45, 2.75) is 33.0 Å². The summed E-state index contributed by atoms with van der Waals surface area (Å²) >= 11 is 0. The van der Waals surface area contributed by atoms with E-state index in [2.05, 4.69) is 123 Å². The summed E-state index contributed by atoms with van der Waals surface area (Å²) in [5, 5.41) is 1.81. The highest BCUT2D eigenvalue weighted by Crippen LogP contribution is 2.50. The van der Waals surface area contributed by atoms with E-state index in [1.54, 1.807) is 18.3 Å². The van der Waals surface area contributed by atoms with Crippen molar-refractivity contribution in [3.8, 4) is 61.8 Å². The molecule has 5 nitrogen and oxygen atoms in total. The van der Waals surface area contributed by atoms with Crippen LogP contribution >= 0.6 is 0 Å². The molecule has 9 aromatic carbocycles. The molecule has 5 heteroatoms. The summed E-state index contributed by atoms with van der Waals surface area (Å²) in [6.07, 6.45) is 1.64. The van der Waals surface area contributed by atoms with Crippen LogP contribution in [-0.4, -0.2) is 16.2 Å². The van der Waals surface area contributed by atoms with Gasteiger partial charge in [-0.05, 0) is 106 Å². The van der Waals surface area contributed by atoms with Crippen molar-refractivity contribution in [2.24, 2.45) is 0 Å². The first-order chi connectivity index (χ1) is 36.7. The molecule has 2 aromatic heterocycles. The molecule has 1 aliphatic heterocycles. The molecule has 0 amide bonds. The molecular weight excluding hydrogens is 853 g/mol. The Morgan fingerprint density at radius 1 is 0.514 bits per heavy atom. The van der Waals surface area contributed by atoms with E-state index in [-0.39, 0.29) is 34.9 Å². The molecule has 11 aromatic rings. The number of benzene rings is 9. The van der Waals surface area contributed by atoms with Crippen LogP contribution in [-0.2, 0) is 5.41 Å². The van der Waals surface area contributed by atoms with Gasteiger partial charge in [-0.25, -0.2) is 4.98 Å². The third kappa shape index (κ3) is 7.76. The second-order valence-electron chi connectivity index (χ2n) is 18.8. The maximum Gasteiger partial charge on any atom is 0.137 e. The number of pyridine rings is 1. The van der Waals surface area contributed by atoms with E-state index >= 15 is 0 Å². The Morgan fingerprint density at radius 3 is 1.83 bits per heavy atom. The van der Waals surface area contributed by atoms with Gasteiger partial charge in [0.05, 0.1) is 32.2 Å². The highest BCUT2D eigenvalue weighted by molar-refractivity contribution is 6.11. The number of hydrogen-bond donors (Lipinski definition) is 0. The fourth-order valence-electron chi connectivity index (χ4n) is 9.90. The van der Waals surface area contributed by atoms with Gasteiger partial charge in [0.15, 0.2) is 0 Å². The molecule has 338 valence electrons. The van der Waals surface area contributed by atoms with Crippen molar-refractivity contribution >= 4 is 44.6 Å². The summed E-state index contributed by atoms with van der Waals surface area (Å²) in [6, 6.07) is 68.0. The van der Waals surface area contributed by atoms with Crippen LogP contribution in [0.1, 0.15) is 40.1 Å². The van der Waals surface area contributed by atoms with Crippen molar-refractivity contribution in [2.75, 3.05) is 16.5 Å². The van der Waals surface area contributed by atoms with E-state index in [1.165, 1.54) is 5.56 Å². The molecule has 70 heavy (non-hydrogen) atoms. The largest absolute Gasteiger partial charge is 0.457 e. The molecule has 0 saturated carbocycles. The minimum atomic E-state index is -2.45. The summed E-state index contributed by atoms with van der Waals surface area (Å²) in [5.41, 5.74) is 13.7. The van der Waals surface area contributed by atoms with Gasteiger partial charge in [0, 0.05) is 55.6 Å². The van der Waals surface area contributed by atoms with Crippen LogP contribution in [0.3, 0.4) is 0 Å². The Balaban J connectivity index is 0.976. The van der Waals surface area contributed by atoms with Crippen molar-refractivity contribution in [1.29, 1.82) is 0 Å². The molecule has 0 radical (unpaired) electrons. The molecule has 0 unspecified atom stereocenters. The standard InChI is InChI=1S/C65H52N4O/c1-44-38-63(66-42-58(44)47-22-12-7-13-23-47)69-59-37-32-49(45-18-8-5-9-19-45)39-57(59)56-36-35-53(41-62(56)69)70-52-25-16-24-51(40-52)67-43-68(61-29-15-14-28-60(61)67)64-54(46-20-10-6-11-21-46)26-17-27-55(64)48-30-33-50(34-31-48)65(2,3)4/h5-42H,43H2,1-4H3/i1D3,16D,24D,25D. The Bertz CT molecular complexity index is 4000. The lowest BCUT2D eigenvalue weighted by molar-refractivity contribution is 0.483. The van der Waals surface area contributed by atoms with Gasteiger partial charge in [0.25, 0.3) is 0 Å². The predicted molar refractivity (Wildman–Crippen MR) is 292 cm³/mol. The smallest absolute Gasteiger partial charge is 0.137 e. The fourth-order valence-corrected chi connectivity index (χ4v) is 9.90. The zero-order valence-electron chi connectivity index (χ0n) is 45.1. The average molecular weight is 911 g/mol. The molecule has 0 bridgehead atoms. The first-order valence-electron chi connectivity index (χ1n) is 26.6. The van der Waals surface area contributed by atoms with E-state index in [9.17, 15) is 4.11 Å². The number of rotatable bonds is 9. The van der Waals surface area contributed by atoms with Gasteiger partial charge in [0.1, 0.15) is 24.0 Å². The molecule has 0 atom stereocenters. The van der Waals surface area contributed by atoms with Crippen LogP contribution in [0.2, 0.25) is 0 Å². The van der Waals surface area contributed by atoms with Crippen LogP contribution in [0.15, 0.2) is 231 Å². The van der Waals surface area contributed by atoms with Gasteiger partial charge < -0.3 is 14.5 Å². The van der Waals surface area contributed by atoms with Crippen LogP contribution < -0.4 is 14.5 Å². The third-order valence-electron chi connectivity index (χ3n) is 13.4. The molecule has 0 fully saturated rings. The highest BCUT2D eigenvalue weighted by Gasteiger charge is 2.31. The number of aryl methyl sites for hydroxylation is 1. The zero-order valence-corrected chi connectivity index (χ0v) is 39.1. The van der Waals surface area contributed by atoms with Crippen LogP contribution in [0.25, 0.3) is 72.1 Å². The predicted octanol–water partition coefficient (Wildman–Crippen LogP) is 17.5. The van der Waals surface area contributed by atoms with Gasteiger partial charge in [-0.1, -0.05) is 178 Å². The minimum Gasteiger partial charge on any atom is -0.457 e. The molecular formula is C65H52N4O. The van der Waals surface area contributed by atoms with E-state index in [0.717, 1.165) is 72.3 Å². The van der Waals surface area contributed by atoms with E-state index in [4.69, 9.17) is 13.8 Å². The van der Waals surface area contributed by atoms with Gasteiger partial charge in [-0.2, -0.15) is 0 Å². The Morgan fingerprint density at radius 2 is 1.14 bits per heavy atom. The summed E-state index contributed by atoms with van der Waals surface area (Å²) < 4.78 is 62.6. The quantitative estimate of drug-likeness (QED) is 0.144. The lowest BCUT2D eigenvalue weighted by Gasteiger charge is -2.27. The fraction of sp³-hybridized carbons (Fsp3) is 0.0923. The molecule has 0 aliphatic carbocycles. The van der Waals surface area contributed by atoms with Crippen LogP contribution in [0.4, 0.5) is 22.7 Å². The minimum absolute atomic E-state index is 0.00979. The van der Waals surface area contributed by atoms with Crippen molar-refractivity contribution in [3.05, 3.63) is 242 Å². The Labute approximate surface area is 418 Å². The monoisotopic (exact) mass is 910 g/mol. The Hall–Kier alpha value is -8.67. The second kappa shape index (κ2) is 17.4. The van der Waals surface area contributed by atoms with Crippen molar-refractivity contribution < 1.29 is 13.0 Å². The number of hydrogen-bond acceptors (Lipinski definition) is 4. The maximum atomic E-state index is 9.44. The first-order valence-corrected chi connectivity index (χ1v) is 23.6. The summed E-state index contributed by atoms with van der Waals surface area (Å²) in [7, 11) is 0. The molecule has 3 heterocycles. The van der Waals surface area contributed by atoms with Gasteiger partial charge in [-0.15, -0.1) is 0 Å². The van der Waals surface area contributed by atoms with Crippen molar-refractivity contribution in [1.82, 2.24) is 9.55 Å². The van der Waals surface area contributed by atoms with E-state index in [1.807, 2.05) is 107 Å². The number of ether oxygens (including phenoxy) is 1. The maximum absolute atomic E-state index is 9.44. The molecule has 1 aliphatic rings. The normalized spacial score (nSPS) is 13.9. The lowest BCUT2D eigenvalue weighted by atomic mass is 9.86. The summed E-state index contributed by atoms with van der Waals surface area (Å²) in [5.74, 6) is 0.914. The average Bonchev–Trinajstić information content (AvgIpc) is 4.09. The number of fused-ring (bicyclic) bond motifs is 4. The topological polar surface area (TPSA) is 33.5 Å². The van der Waals surface area contributed by atoms with E-state index < -0.39 is 6.85 Å². The SMILES string of the molecule is [2H]c1c(Oc2ccc3c4cc(-c5ccccc5)ccc4n(-c4cc(C([2H])([2H])[2H])c(-c5ccccc5)cn4)c3c2)cc(N2CN(c3c(-c4ccccc4)cccc3-c3ccc(C(C)(C)C)cc3)c3ccccc32)c([2H])c1[2H]. The van der Waals surface area contributed by atoms with Gasteiger partial charge in [0.2, 0.25) is 0 Å². The first kappa shape index (κ1) is 36.4. The molecule has 12 rings (SSSR count). The third-order valence-corrected chi connectivity index (χ3v) is 13.4. The molecule has 0 saturated heterocycles. The van der Waals surface area contributed by atoms with Crippen molar-refractivity contribution in [3.63, 3.8) is 0 Å². The number of anilines is 4.